The molecule has 15 heavy (non-hydrogen) atoms. The molecule has 1 rings (SSSR count). The molecule has 82 valence electrons. The van der Waals surface area contributed by atoms with Crippen molar-refractivity contribution in [2.75, 3.05) is 11.0 Å². The van der Waals surface area contributed by atoms with Crippen LogP contribution >= 0.6 is 22.6 Å². The van der Waals surface area contributed by atoms with Crippen LogP contribution in [0.5, 0.6) is 0 Å². The highest BCUT2D eigenvalue weighted by atomic mass is 127. The standard InChI is InChI=1S/C12H16INO/c1-9-5-3-6-10(2)11(9)12(15)14-8-4-7-13/h3,5-6H,4,7-8H2,1-2H3,(H,14,15). The minimum Gasteiger partial charge on any atom is -0.352 e. The first kappa shape index (κ1) is 12.5. The molecule has 0 saturated heterocycles. The summed E-state index contributed by atoms with van der Waals surface area (Å²) in [7, 11) is 0. The number of carbonyl (C=O) groups is 1. The van der Waals surface area contributed by atoms with E-state index in [4.69, 9.17) is 0 Å². The van der Waals surface area contributed by atoms with Crippen LogP contribution in [0.4, 0.5) is 0 Å². The maximum Gasteiger partial charge on any atom is 0.251 e. The Morgan fingerprint density at radius 3 is 2.47 bits per heavy atom. The molecule has 1 aromatic carbocycles. The van der Waals surface area contributed by atoms with Crippen LogP contribution in [0.2, 0.25) is 0 Å². The summed E-state index contributed by atoms with van der Waals surface area (Å²) in [4.78, 5) is 11.8. The van der Waals surface area contributed by atoms with E-state index >= 15 is 0 Å². The van der Waals surface area contributed by atoms with Gasteiger partial charge in [-0.25, -0.2) is 0 Å². The Kier molecular flexibility index (Phi) is 5.08. The maximum atomic E-state index is 11.8. The van der Waals surface area contributed by atoms with Gasteiger partial charge in [-0.15, -0.1) is 0 Å². The van der Waals surface area contributed by atoms with Gasteiger partial charge < -0.3 is 5.32 Å². The molecule has 2 nitrogen and oxygen atoms in total. The average molecular weight is 317 g/mol. The third-order valence-electron chi connectivity index (χ3n) is 2.30. The van der Waals surface area contributed by atoms with Crippen LogP contribution in [-0.2, 0) is 0 Å². The summed E-state index contributed by atoms with van der Waals surface area (Å²) in [6.45, 7) is 4.70. The molecule has 0 aromatic heterocycles. The molecule has 1 aromatic rings. The Morgan fingerprint density at radius 1 is 1.33 bits per heavy atom. The quantitative estimate of drug-likeness (QED) is 0.516. The van der Waals surface area contributed by atoms with E-state index in [1.165, 1.54) is 0 Å². The molecule has 0 aliphatic heterocycles. The molecule has 0 atom stereocenters. The Morgan fingerprint density at radius 2 is 1.93 bits per heavy atom. The summed E-state index contributed by atoms with van der Waals surface area (Å²) in [5, 5.41) is 2.94. The Hall–Kier alpha value is -0.580. The van der Waals surface area contributed by atoms with Crippen LogP contribution in [0.1, 0.15) is 27.9 Å². The fraction of sp³-hybridized carbons (Fsp3) is 0.417. The van der Waals surface area contributed by atoms with Crippen LogP contribution < -0.4 is 5.32 Å². The fourth-order valence-electron chi connectivity index (χ4n) is 1.53. The highest BCUT2D eigenvalue weighted by Crippen LogP contribution is 2.12. The minimum atomic E-state index is 0.0513. The average Bonchev–Trinajstić information content (AvgIpc) is 2.18. The smallest absolute Gasteiger partial charge is 0.251 e. The van der Waals surface area contributed by atoms with Crippen molar-refractivity contribution in [1.82, 2.24) is 5.32 Å². The van der Waals surface area contributed by atoms with Crippen molar-refractivity contribution in [2.45, 2.75) is 20.3 Å². The third kappa shape index (κ3) is 3.48. The van der Waals surface area contributed by atoms with Crippen LogP contribution in [0.3, 0.4) is 0 Å². The molecule has 0 fully saturated rings. The lowest BCUT2D eigenvalue weighted by Gasteiger charge is -2.09. The third-order valence-corrected chi connectivity index (χ3v) is 3.07. The zero-order chi connectivity index (χ0) is 11.3. The summed E-state index contributed by atoms with van der Waals surface area (Å²) in [6.07, 6.45) is 1.03. The summed E-state index contributed by atoms with van der Waals surface area (Å²) in [5.74, 6) is 0.0513. The largest absolute Gasteiger partial charge is 0.352 e. The van der Waals surface area contributed by atoms with E-state index in [0.29, 0.717) is 0 Å². The predicted octanol–water partition coefficient (Wildman–Crippen LogP) is 2.86. The molecule has 1 N–H and O–H groups in total. The van der Waals surface area contributed by atoms with Crippen molar-refractivity contribution in [3.63, 3.8) is 0 Å². The molecule has 3 heteroatoms. The fourth-order valence-corrected chi connectivity index (χ4v) is 1.91. The van der Waals surface area contributed by atoms with Gasteiger partial charge in [0.1, 0.15) is 0 Å². The molecule has 0 saturated carbocycles. The van der Waals surface area contributed by atoms with Gasteiger partial charge in [0.2, 0.25) is 0 Å². The van der Waals surface area contributed by atoms with Crippen LogP contribution in [0, 0.1) is 13.8 Å². The van der Waals surface area contributed by atoms with Gasteiger partial charge >= 0.3 is 0 Å². The van der Waals surface area contributed by atoms with Gasteiger partial charge in [-0.2, -0.15) is 0 Å². The van der Waals surface area contributed by atoms with Crippen molar-refractivity contribution in [3.05, 3.63) is 34.9 Å². The van der Waals surface area contributed by atoms with Gasteiger partial charge in [-0.05, 0) is 31.4 Å². The van der Waals surface area contributed by atoms with Gasteiger partial charge in [0, 0.05) is 16.5 Å². The molecule has 0 unspecified atom stereocenters. The molecule has 0 aliphatic rings. The van der Waals surface area contributed by atoms with Crippen molar-refractivity contribution >= 4 is 28.5 Å². The Bertz CT molecular complexity index is 329. The second-order valence-electron chi connectivity index (χ2n) is 3.57. The Labute approximate surface area is 105 Å². The van der Waals surface area contributed by atoms with Gasteiger partial charge in [0.05, 0.1) is 0 Å². The molecule has 0 aliphatic carbocycles. The van der Waals surface area contributed by atoms with E-state index in [9.17, 15) is 4.79 Å². The SMILES string of the molecule is Cc1cccc(C)c1C(=O)NCCCI. The summed E-state index contributed by atoms with van der Waals surface area (Å²) in [5.41, 5.74) is 2.91. The number of benzene rings is 1. The normalized spacial score (nSPS) is 10.1. The van der Waals surface area contributed by atoms with E-state index in [2.05, 4.69) is 27.9 Å². The lowest BCUT2D eigenvalue weighted by molar-refractivity contribution is 0.0952. The number of alkyl halides is 1. The summed E-state index contributed by atoms with van der Waals surface area (Å²) in [6, 6.07) is 5.92. The second kappa shape index (κ2) is 6.10. The van der Waals surface area contributed by atoms with E-state index in [1.807, 2.05) is 32.0 Å². The van der Waals surface area contributed by atoms with Gasteiger partial charge in [-0.3, -0.25) is 4.79 Å². The van der Waals surface area contributed by atoms with Crippen LogP contribution in [0.25, 0.3) is 0 Å². The molecule has 0 bridgehead atoms. The second-order valence-corrected chi connectivity index (χ2v) is 4.64. The molecular weight excluding hydrogens is 301 g/mol. The topological polar surface area (TPSA) is 29.1 Å². The van der Waals surface area contributed by atoms with Crippen molar-refractivity contribution in [3.8, 4) is 0 Å². The zero-order valence-electron chi connectivity index (χ0n) is 9.14. The van der Waals surface area contributed by atoms with Crippen molar-refractivity contribution in [2.24, 2.45) is 0 Å². The molecule has 0 heterocycles. The van der Waals surface area contributed by atoms with Gasteiger partial charge in [0.15, 0.2) is 0 Å². The van der Waals surface area contributed by atoms with Crippen molar-refractivity contribution in [1.29, 1.82) is 0 Å². The number of aryl methyl sites for hydroxylation is 2. The van der Waals surface area contributed by atoms with E-state index in [0.717, 1.165) is 34.1 Å². The highest BCUT2D eigenvalue weighted by Gasteiger charge is 2.10. The number of nitrogens with one attached hydrogen (secondary N) is 1. The number of rotatable bonds is 4. The predicted molar refractivity (Wildman–Crippen MR) is 71.8 cm³/mol. The highest BCUT2D eigenvalue weighted by molar-refractivity contribution is 14.1. The number of carbonyl (C=O) groups excluding carboxylic acids is 1. The number of amides is 1. The lowest BCUT2D eigenvalue weighted by atomic mass is 10.0. The van der Waals surface area contributed by atoms with Crippen molar-refractivity contribution < 1.29 is 4.79 Å². The Balaban J connectivity index is 2.73. The van der Waals surface area contributed by atoms with Crippen LogP contribution in [0.15, 0.2) is 18.2 Å². The van der Waals surface area contributed by atoms with Crippen LogP contribution in [-0.4, -0.2) is 16.9 Å². The summed E-state index contributed by atoms with van der Waals surface area (Å²) >= 11 is 2.31. The first-order chi connectivity index (χ1) is 7.16. The zero-order valence-corrected chi connectivity index (χ0v) is 11.3. The van der Waals surface area contributed by atoms with E-state index < -0.39 is 0 Å². The first-order valence-corrected chi connectivity index (χ1v) is 6.59. The number of halogens is 1. The minimum absolute atomic E-state index is 0.0513. The summed E-state index contributed by atoms with van der Waals surface area (Å²) < 4.78 is 1.07. The van der Waals surface area contributed by atoms with Gasteiger partial charge in [0.25, 0.3) is 5.91 Å². The molecule has 0 spiro atoms. The monoisotopic (exact) mass is 317 g/mol. The maximum absolute atomic E-state index is 11.8. The first-order valence-electron chi connectivity index (χ1n) is 5.07. The molecular formula is C12H16INO. The molecule has 0 radical (unpaired) electrons. The van der Waals surface area contributed by atoms with Gasteiger partial charge in [-0.1, -0.05) is 40.8 Å². The number of hydrogen-bond donors (Lipinski definition) is 1. The molecule has 1 amide bonds. The number of hydrogen-bond acceptors (Lipinski definition) is 1. The van der Waals surface area contributed by atoms with E-state index in [1.54, 1.807) is 0 Å². The van der Waals surface area contributed by atoms with E-state index in [-0.39, 0.29) is 5.91 Å². The lowest BCUT2D eigenvalue weighted by Crippen LogP contribution is -2.26.